The first-order valence-corrected chi connectivity index (χ1v) is 6.07. The van der Waals surface area contributed by atoms with Crippen LogP contribution < -0.4 is 5.73 Å². The van der Waals surface area contributed by atoms with Crippen LogP contribution in [0.25, 0.3) is 0 Å². The van der Waals surface area contributed by atoms with E-state index in [2.05, 4.69) is 4.98 Å². The Labute approximate surface area is 102 Å². The van der Waals surface area contributed by atoms with Gasteiger partial charge in [-0.3, -0.25) is 0 Å². The molecule has 0 atom stereocenters. The van der Waals surface area contributed by atoms with E-state index >= 15 is 0 Å². The molecule has 0 amide bonds. The van der Waals surface area contributed by atoms with Gasteiger partial charge in [-0.25, -0.2) is 4.98 Å². The topological polar surface area (TPSA) is 68.4 Å². The number of rotatable bonds is 3. The van der Waals surface area contributed by atoms with E-state index in [4.69, 9.17) is 10.5 Å². The lowest BCUT2D eigenvalue weighted by molar-refractivity contribution is -0.0427. The van der Waals surface area contributed by atoms with Crippen LogP contribution in [-0.4, -0.2) is 28.9 Å². The van der Waals surface area contributed by atoms with Crippen LogP contribution in [-0.2, 0) is 11.2 Å². The lowest BCUT2D eigenvalue weighted by atomic mass is 9.79. The van der Waals surface area contributed by atoms with Gasteiger partial charge in [0.05, 0.1) is 11.7 Å². The van der Waals surface area contributed by atoms with Crippen LogP contribution >= 0.6 is 0 Å². The van der Waals surface area contributed by atoms with Crippen molar-refractivity contribution in [2.75, 3.05) is 12.8 Å². The maximum absolute atomic E-state index is 10.5. The fourth-order valence-corrected chi connectivity index (χ4v) is 2.53. The third-order valence-electron chi connectivity index (χ3n) is 3.58. The molecule has 1 aliphatic carbocycles. The van der Waals surface area contributed by atoms with Gasteiger partial charge >= 0.3 is 0 Å². The summed E-state index contributed by atoms with van der Waals surface area (Å²) >= 11 is 0. The molecule has 0 saturated heterocycles. The quantitative estimate of drug-likeness (QED) is 0.835. The Morgan fingerprint density at radius 2 is 2.24 bits per heavy atom. The molecule has 1 saturated carbocycles. The van der Waals surface area contributed by atoms with Crippen LogP contribution in [0.2, 0.25) is 0 Å². The van der Waals surface area contributed by atoms with Crippen molar-refractivity contribution in [3.05, 3.63) is 23.9 Å². The van der Waals surface area contributed by atoms with Crippen molar-refractivity contribution in [2.24, 2.45) is 0 Å². The number of hydrogen-bond donors (Lipinski definition) is 2. The number of aromatic nitrogens is 1. The van der Waals surface area contributed by atoms with E-state index in [1.807, 2.05) is 12.1 Å². The first-order valence-electron chi connectivity index (χ1n) is 6.07. The fourth-order valence-electron chi connectivity index (χ4n) is 2.53. The second-order valence-electron chi connectivity index (χ2n) is 4.93. The Hall–Kier alpha value is -1.13. The monoisotopic (exact) mass is 236 g/mol. The molecular formula is C13H20N2O2. The maximum atomic E-state index is 10.5. The van der Waals surface area contributed by atoms with E-state index < -0.39 is 5.60 Å². The highest BCUT2D eigenvalue weighted by molar-refractivity contribution is 5.32. The number of methoxy groups -OCH3 is 1. The zero-order valence-corrected chi connectivity index (χ0v) is 10.2. The number of nitrogens with zero attached hydrogens (tertiary/aromatic N) is 1. The van der Waals surface area contributed by atoms with Crippen LogP contribution in [0, 0.1) is 0 Å². The number of pyridine rings is 1. The molecule has 2 rings (SSSR count). The van der Waals surface area contributed by atoms with Gasteiger partial charge in [-0.2, -0.15) is 0 Å². The predicted molar refractivity (Wildman–Crippen MR) is 66.6 cm³/mol. The second kappa shape index (κ2) is 5.02. The average molecular weight is 236 g/mol. The lowest BCUT2D eigenvalue weighted by Crippen LogP contribution is -2.38. The molecule has 3 N–H and O–H groups in total. The summed E-state index contributed by atoms with van der Waals surface area (Å²) < 4.78 is 5.31. The molecule has 94 valence electrons. The molecule has 4 nitrogen and oxygen atoms in total. The van der Waals surface area contributed by atoms with Crippen LogP contribution in [0.5, 0.6) is 0 Å². The maximum Gasteiger partial charge on any atom is 0.123 e. The average Bonchev–Trinajstić information content (AvgIpc) is 2.29. The Morgan fingerprint density at radius 1 is 1.53 bits per heavy atom. The molecule has 0 unspecified atom stereocenters. The van der Waals surface area contributed by atoms with E-state index in [9.17, 15) is 5.11 Å². The zero-order valence-electron chi connectivity index (χ0n) is 10.2. The molecule has 0 bridgehead atoms. The van der Waals surface area contributed by atoms with Crippen molar-refractivity contribution in [1.82, 2.24) is 4.98 Å². The number of aliphatic hydroxyl groups is 1. The van der Waals surface area contributed by atoms with Crippen LogP contribution in [0.1, 0.15) is 31.2 Å². The minimum absolute atomic E-state index is 0.304. The summed E-state index contributed by atoms with van der Waals surface area (Å²) in [4.78, 5) is 3.96. The van der Waals surface area contributed by atoms with Crippen molar-refractivity contribution >= 4 is 5.82 Å². The summed E-state index contributed by atoms with van der Waals surface area (Å²) in [7, 11) is 1.73. The van der Waals surface area contributed by atoms with E-state index in [1.54, 1.807) is 13.3 Å². The van der Waals surface area contributed by atoms with Gasteiger partial charge in [0, 0.05) is 19.7 Å². The smallest absolute Gasteiger partial charge is 0.123 e. The first-order chi connectivity index (χ1) is 8.11. The molecule has 17 heavy (non-hydrogen) atoms. The summed E-state index contributed by atoms with van der Waals surface area (Å²) in [5, 5.41) is 10.5. The van der Waals surface area contributed by atoms with E-state index in [0.29, 0.717) is 18.3 Å². The summed E-state index contributed by atoms with van der Waals surface area (Å²) in [5.41, 5.74) is 6.08. The van der Waals surface area contributed by atoms with Crippen molar-refractivity contribution in [2.45, 2.75) is 43.8 Å². The molecule has 0 aromatic carbocycles. The summed E-state index contributed by atoms with van der Waals surface area (Å²) in [6, 6.07) is 3.75. The molecule has 0 spiro atoms. The Bertz CT molecular complexity index is 373. The highest BCUT2D eigenvalue weighted by Crippen LogP contribution is 2.32. The standard InChI is InChI=1S/C13H20N2O2/c1-17-11-2-5-13(16,6-3-11)9-10-4-7-15-12(14)8-10/h4,7-8,11,16H,2-3,5-6,9H2,1H3,(H2,14,15). The third-order valence-corrected chi connectivity index (χ3v) is 3.58. The van der Waals surface area contributed by atoms with Crippen molar-refractivity contribution < 1.29 is 9.84 Å². The molecule has 0 aliphatic heterocycles. The number of nitrogens with two attached hydrogens (primary N) is 1. The number of ether oxygens (including phenoxy) is 1. The Morgan fingerprint density at radius 3 is 2.82 bits per heavy atom. The number of hydrogen-bond acceptors (Lipinski definition) is 4. The largest absolute Gasteiger partial charge is 0.390 e. The van der Waals surface area contributed by atoms with E-state index in [1.165, 1.54) is 0 Å². The van der Waals surface area contributed by atoms with Crippen molar-refractivity contribution in [3.63, 3.8) is 0 Å². The van der Waals surface area contributed by atoms with Crippen molar-refractivity contribution in [1.29, 1.82) is 0 Å². The minimum Gasteiger partial charge on any atom is -0.390 e. The molecule has 1 aliphatic rings. The van der Waals surface area contributed by atoms with Gasteiger partial charge in [0.25, 0.3) is 0 Å². The molecule has 1 fully saturated rings. The van der Waals surface area contributed by atoms with Gasteiger partial charge in [-0.1, -0.05) is 0 Å². The third kappa shape index (κ3) is 3.17. The second-order valence-corrected chi connectivity index (χ2v) is 4.93. The Balaban J connectivity index is 1.99. The van der Waals surface area contributed by atoms with E-state index in [0.717, 1.165) is 31.2 Å². The van der Waals surface area contributed by atoms with Gasteiger partial charge in [0.2, 0.25) is 0 Å². The van der Waals surface area contributed by atoms with Gasteiger partial charge < -0.3 is 15.6 Å². The minimum atomic E-state index is -0.608. The molecule has 4 heteroatoms. The highest BCUT2D eigenvalue weighted by atomic mass is 16.5. The van der Waals surface area contributed by atoms with Crippen LogP contribution in [0.3, 0.4) is 0 Å². The predicted octanol–water partition coefficient (Wildman–Crippen LogP) is 1.53. The molecule has 1 heterocycles. The zero-order chi connectivity index (χ0) is 12.3. The number of nitrogen functional groups attached to an aromatic ring is 1. The summed E-state index contributed by atoms with van der Waals surface area (Å²) in [6.07, 6.45) is 6.06. The van der Waals surface area contributed by atoms with Gasteiger partial charge in [-0.15, -0.1) is 0 Å². The fraction of sp³-hybridized carbons (Fsp3) is 0.615. The molecule has 1 aromatic heterocycles. The molecule has 1 aromatic rings. The lowest BCUT2D eigenvalue weighted by Gasteiger charge is -2.35. The SMILES string of the molecule is COC1CCC(O)(Cc2ccnc(N)c2)CC1. The molecule has 0 radical (unpaired) electrons. The summed E-state index contributed by atoms with van der Waals surface area (Å²) in [6.45, 7) is 0. The highest BCUT2D eigenvalue weighted by Gasteiger charge is 2.33. The first kappa shape index (κ1) is 12.3. The number of anilines is 1. The Kier molecular flexibility index (Phi) is 3.64. The van der Waals surface area contributed by atoms with Gasteiger partial charge in [0.15, 0.2) is 0 Å². The summed E-state index contributed by atoms with van der Waals surface area (Å²) in [5.74, 6) is 0.511. The van der Waals surface area contributed by atoms with E-state index in [-0.39, 0.29) is 0 Å². The van der Waals surface area contributed by atoms with Crippen LogP contribution in [0.4, 0.5) is 5.82 Å². The van der Waals surface area contributed by atoms with Gasteiger partial charge in [0.1, 0.15) is 5.82 Å². The molecular weight excluding hydrogens is 216 g/mol. The van der Waals surface area contributed by atoms with Gasteiger partial charge in [-0.05, 0) is 43.4 Å². The van der Waals surface area contributed by atoms with Crippen molar-refractivity contribution in [3.8, 4) is 0 Å². The normalized spacial score (nSPS) is 29.2. The van der Waals surface area contributed by atoms with Crippen LogP contribution in [0.15, 0.2) is 18.3 Å².